The number of nitrogens with zero attached hydrogens (tertiary/aromatic N) is 3. The maximum absolute atomic E-state index is 12.9. The molecule has 1 aromatic heterocycles. The smallest absolute Gasteiger partial charge is 0.330 e. The van der Waals surface area contributed by atoms with Gasteiger partial charge in [-0.2, -0.15) is 13.2 Å². The second kappa shape index (κ2) is 7.66. The topological polar surface area (TPSA) is 21.1 Å². The molecule has 0 amide bonds. The van der Waals surface area contributed by atoms with Crippen molar-refractivity contribution in [1.82, 2.24) is 14.5 Å². The molecule has 27 heavy (non-hydrogen) atoms. The Morgan fingerprint density at radius 1 is 1.15 bits per heavy atom. The number of aromatic nitrogens is 2. The van der Waals surface area contributed by atoms with Crippen LogP contribution in [0.15, 0.2) is 36.8 Å². The fourth-order valence-corrected chi connectivity index (χ4v) is 4.17. The highest BCUT2D eigenvalue weighted by atomic mass is 19.4. The molecule has 0 bridgehead atoms. The Hall–Kier alpha value is -1.82. The monoisotopic (exact) mass is 377 g/mol. The molecule has 2 aliphatic rings. The van der Waals surface area contributed by atoms with Crippen molar-refractivity contribution in [2.75, 3.05) is 13.1 Å². The van der Waals surface area contributed by atoms with Gasteiger partial charge in [0, 0.05) is 25.3 Å². The van der Waals surface area contributed by atoms with Crippen molar-refractivity contribution in [3.63, 3.8) is 0 Å². The zero-order chi connectivity index (χ0) is 18.9. The summed E-state index contributed by atoms with van der Waals surface area (Å²) in [5.74, 6) is 0.547. The Morgan fingerprint density at radius 2 is 2.00 bits per heavy atom. The third-order valence-corrected chi connectivity index (χ3v) is 5.77. The second-order valence-corrected chi connectivity index (χ2v) is 8.00. The van der Waals surface area contributed by atoms with Crippen molar-refractivity contribution >= 4 is 0 Å². The fourth-order valence-electron chi connectivity index (χ4n) is 4.17. The van der Waals surface area contributed by atoms with E-state index in [1.165, 1.54) is 30.7 Å². The Bertz CT molecular complexity index is 764. The van der Waals surface area contributed by atoms with E-state index in [9.17, 15) is 13.2 Å². The zero-order valence-electron chi connectivity index (χ0n) is 15.5. The van der Waals surface area contributed by atoms with Gasteiger partial charge in [-0.3, -0.25) is 4.90 Å². The van der Waals surface area contributed by atoms with Gasteiger partial charge in [-0.1, -0.05) is 18.2 Å². The number of hydrogen-bond donors (Lipinski definition) is 0. The number of rotatable bonds is 6. The number of benzene rings is 1. The summed E-state index contributed by atoms with van der Waals surface area (Å²) in [7, 11) is 0. The third kappa shape index (κ3) is 4.72. The molecule has 3 nitrogen and oxygen atoms in total. The van der Waals surface area contributed by atoms with Crippen molar-refractivity contribution < 1.29 is 13.2 Å². The Kier molecular flexibility index (Phi) is 5.26. The maximum Gasteiger partial charge on any atom is 0.416 e. The lowest BCUT2D eigenvalue weighted by Gasteiger charge is -2.33. The van der Waals surface area contributed by atoms with E-state index in [1.54, 1.807) is 0 Å². The van der Waals surface area contributed by atoms with Gasteiger partial charge in [-0.05, 0) is 62.6 Å². The highest BCUT2D eigenvalue weighted by molar-refractivity contribution is 5.25. The van der Waals surface area contributed by atoms with Gasteiger partial charge in [0.1, 0.15) is 0 Å². The first-order valence-electron chi connectivity index (χ1n) is 9.88. The number of halogens is 3. The molecular formula is C21H26F3N3. The Morgan fingerprint density at radius 3 is 2.78 bits per heavy atom. The molecule has 4 rings (SSSR count). The summed E-state index contributed by atoms with van der Waals surface area (Å²) in [6.07, 6.45) is 6.14. The van der Waals surface area contributed by atoms with E-state index in [-0.39, 0.29) is 0 Å². The first-order valence-corrected chi connectivity index (χ1v) is 9.88. The highest BCUT2D eigenvalue weighted by Gasteiger charge is 2.30. The lowest BCUT2D eigenvalue weighted by atomic mass is 9.91. The largest absolute Gasteiger partial charge is 0.416 e. The van der Waals surface area contributed by atoms with E-state index in [1.807, 2.05) is 18.6 Å². The summed E-state index contributed by atoms with van der Waals surface area (Å²) in [6, 6.07) is 6.42. The van der Waals surface area contributed by atoms with Crippen LogP contribution in [0.3, 0.4) is 0 Å². The van der Waals surface area contributed by atoms with Crippen LogP contribution < -0.4 is 0 Å². The lowest BCUT2D eigenvalue weighted by Crippen LogP contribution is -2.35. The molecule has 0 N–H and O–H groups in total. The van der Waals surface area contributed by atoms with Crippen LogP contribution in [0, 0.1) is 5.92 Å². The minimum Gasteiger partial charge on any atom is -0.330 e. The second-order valence-electron chi connectivity index (χ2n) is 8.00. The fraction of sp³-hybridized carbons (Fsp3) is 0.571. The van der Waals surface area contributed by atoms with E-state index < -0.39 is 11.7 Å². The highest BCUT2D eigenvalue weighted by Crippen LogP contribution is 2.36. The van der Waals surface area contributed by atoms with Crippen LogP contribution >= 0.6 is 0 Å². The van der Waals surface area contributed by atoms with Crippen molar-refractivity contribution in [3.8, 4) is 0 Å². The van der Waals surface area contributed by atoms with Gasteiger partial charge in [0.2, 0.25) is 0 Å². The number of likely N-dealkylation sites (tertiary alicyclic amines) is 1. The summed E-state index contributed by atoms with van der Waals surface area (Å²) in [5.41, 5.74) is 1.53. The van der Waals surface area contributed by atoms with E-state index >= 15 is 0 Å². The number of imidazole rings is 1. The molecule has 146 valence electrons. The van der Waals surface area contributed by atoms with Crippen LogP contribution in [-0.4, -0.2) is 27.5 Å². The Labute approximate surface area is 158 Å². The molecular weight excluding hydrogens is 351 g/mol. The summed E-state index contributed by atoms with van der Waals surface area (Å²) in [6.45, 7) is 3.04. The van der Waals surface area contributed by atoms with E-state index in [0.29, 0.717) is 18.4 Å². The van der Waals surface area contributed by atoms with E-state index in [4.69, 9.17) is 0 Å². The number of aryl methyl sites for hydroxylation is 1. The minimum atomic E-state index is -4.26. The zero-order valence-corrected chi connectivity index (χ0v) is 15.5. The normalized spacial score (nSPS) is 21.5. The lowest BCUT2D eigenvalue weighted by molar-refractivity contribution is -0.137. The summed E-state index contributed by atoms with van der Waals surface area (Å²) >= 11 is 0. The molecule has 1 unspecified atom stereocenters. The number of piperidine rings is 1. The van der Waals surface area contributed by atoms with Crippen LogP contribution in [-0.2, 0) is 19.1 Å². The first-order chi connectivity index (χ1) is 13.0. The van der Waals surface area contributed by atoms with Crippen LogP contribution in [0.2, 0.25) is 0 Å². The maximum atomic E-state index is 12.9. The van der Waals surface area contributed by atoms with Gasteiger partial charge in [-0.25, -0.2) is 4.98 Å². The first kappa shape index (κ1) is 18.5. The summed E-state index contributed by atoms with van der Waals surface area (Å²) in [4.78, 5) is 6.80. The van der Waals surface area contributed by atoms with E-state index in [0.717, 1.165) is 50.5 Å². The van der Waals surface area contributed by atoms with Gasteiger partial charge in [0.15, 0.2) is 0 Å². The summed E-state index contributed by atoms with van der Waals surface area (Å²) in [5, 5.41) is 0. The van der Waals surface area contributed by atoms with Gasteiger partial charge in [-0.15, -0.1) is 0 Å². The van der Waals surface area contributed by atoms with Crippen molar-refractivity contribution in [2.45, 2.75) is 57.3 Å². The molecule has 0 spiro atoms. The Balaban J connectivity index is 1.32. The average Bonchev–Trinajstić information content (AvgIpc) is 3.39. The molecule has 2 fully saturated rings. The quantitative estimate of drug-likeness (QED) is 0.700. The number of hydrogen-bond acceptors (Lipinski definition) is 2. The third-order valence-electron chi connectivity index (χ3n) is 5.77. The van der Waals surface area contributed by atoms with Crippen LogP contribution in [0.5, 0.6) is 0 Å². The van der Waals surface area contributed by atoms with Crippen molar-refractivity contribution in [3.05, 3.63) is 53.6 Å². The standard InChI is InChI=1S/C21H26F3N3/c22-21(23,24)18-5-1-3-16(11-18)6-7-17-4-2-10-26(13-17)14-20-12-25-15-27(20)19-8-9-19/h1,3,5,11-12,15,17,19H,2,4,6-10,13-14H2. The predicted octanol–water partition coefficient (Wildman–Crippen LogP) is 5.08. The molecule has 1 saturated heterocycles. The molecule has 1 aromatic carbocycles. The average molecular weight is 377 g/mol. The van der Waals surface area contributed by atoms with Crippen molar-refractivity contribution in [2.24, 2.45) is 5.92 Å². The molecule has 1 saturated carbocycles. The van der Waals surface area contributed by atoms with Gasteiger partial charge >= 0.3 is 6.18 Å². The molecule has 6 heteroatoms. The van der Waals surface area contributed by atoms with E-state index in [2.05, 4.69) is 14.5 Å². The van der Waals surface area contributed by atoms with Gasteiger partial charge in [0.05, 0.1) is 17.6 Å². The SMILES string of the molecule is FC(F)(F)c1cccc(CCC2CCCN(Cc3cncn3C3CC3)C2)c1. The predicted molar refractivity (Wildman–Crippen MR) is 98.3 cm³/mol. The summed E-state index contributed by atoms with van der Waals surface area (Å²) < 4.78 is 40.9. The van der Waals surface area contributed by atoms with Crippen molar-refractivity contribution in [1.29, 1.82) is 0 Å². The van der Waals surface area contributed by atoms with Gasteiger partial charge < -0.3 is 4.57 Å². The minimum absolute atomic E-state index is 0.543. The van der Waals surface area contributed by atoms with Crippen LogP contribution in [0.1, 0.15) is 55.0 Å². The molecule has 1 aliphatic carbocycles. The van der Waals surface area contributed by atoms with Crippen LogP contribution in [0.25, 0.3) is 0 Å². The molecule has 0 radical (unpaired) electrons. The molecule has 1 aliphatic heterocycles. The molecule has 2 heterocycles. The number of alkyl halides is 3. The molecule has 1 atom stereocenters. The molecule has 2 aromatic rings. The van der Waals surface area contributed by atoms with Gasteiger partial charge in [0.25, 0.3) is 0 Å². The van der Waals surface area contributed by atoms with Crippen LogP contribution in [0.4, 0.5) is 13.2 Å².